The summed E-state index contributed by atoms with van der Waals surface area (Å²) in [7, 11) is -4.50. The number of nitrogens with one attached hydrogen (secondary N) is 5. The molecule has 0 aliphatic heterocycles. The number of aryl methyl sites for hydroxylation is 1. The fourth-order valence-electron chi connectivity index (χ4n) is 8.37. The first-order chi connectivity index (χ1) is 36.6. The standard InChI is InChI=1S/C56H65N9O10S/c1-3-64(4-2)45-26-23-42-35-43(54(70)75-49(42)36-45)24-25-44-27-30-47(76(72,73)74)38-65(44)34-13-7-12-20-50(67)58-32-33-60-56(71)63-55(57)59-31-14-19-48(52(68)61-37-39-21-28-46(66)29-22-39)62-53(69)51(40-15-8-5-9-16-40)41-17-10-6-11-18-41/h5-6,8-11,15-18,21-30,35-36,38,48,51H,3-4,7,12-14,19-20,31-34,37H2,1-2H3,(H8-,57,58,59,60,61,62,63,66,67,68,69,71,72,73,74)/p+1/t48-/m0/s1. The maximum atomic E-state index is 14.0. The summed E-state index contributed by atoms with van der Waals surface area (Å²) in [5.74, 6) is -1.76. The number of nitrogens with two attached hydrogens (primary N) is 1. The van der Waals surface area contributed by atoms with Gasteiger partial charge in [0.05, 0.1) is 11.5 Å². The minimum Gasteiger partial charge on any atom is -0.508 e. The second kappa shape index (κ2) is 28.3. The van der Waals surface area contributed by atoms with E-state index in [1.54, 1.807) is 34.9 Å². The van der Waals surface area contributed by atoms with Crippen molar-refractivity contribution in [1.82, 2.24) is 26.6 Å². The summed E-state index contributed by atoms with van der Waals surface area (Å²) in [6, 6.07) is 33.6. The number of pyridine rings is 1. The molecule has 0 spiro atoms. The molecule has 0 aliphatic rings. The van der Waals surface area contributed by atoms with Crippen LogP contribution in [0.4, 0.5) is 10.5 Å². The first-order valence-corrected chi connectivity index (χ1v) is 26.6. The number of guanidine groups is 1. The van der Waals surface area contributed by atoms with Crippen molar-refractivity contribution < 1.29 is 46.2 Å². The molecule has 2 aromatic heterocycles. The van der Waals surface area contributed by atoms with Gasteiger partial charge in [-0.1, -0.05) is 72.8 Å². The number of phenolic OH excluding ortho intramolecular Hbond substituents is 1. The summed E-state index contributed by atoms with van der Waals surface area (Å²) in [6.45, 7) is 6.58. The van der Waals surface area contributed by atoms with Gasteiger partial charge in [-0.15, -0.1) is 0 Å². The molecule has 0 aliphatic carbocycles. The molecule has 0 unspecified atom stereocenters. The highest BCUT2D eigenvalue weighted by atomic mass is 32.2. The van der Waals surface area contributed by atoms with Crippen LogP contribution in [-0.4, -0.2) is 86.6 Å². The molecule has 19 nitrogen and oxygen atoms in total. The zero-order chi connectivity index (χ0) is 54.5. The van der Waals surface area contributed by atoms with Crippen LogP contribution in [0.15, 0.2) is 147 Å². The summed E-state index contributed by atoms with van der Waals surface area (Å²) in [5.41, 5.74) is 10.0. The summed E-state index contributed by atoms with van der Waals surface area (Å²) in [6.07, 6.45) is 6.99. The molecule has 6 rings (SSSR count). The smallest absolute Gasteiger partial charge is 0.343 e. The number of nitrogens with zero attached hydrogens (tertiary/aromatic N) is 3. The van der Waals surface area contributed by atoms with Crippen molar-refractivity contribution in [3.63, 3.8) is 0 Å². The van der Waals surface area contributed by atoms with Crippen molar-refractivity contribution in [3.8, 4) is 5.75 Å². The molecule has 0 saturated heterocycles. The van der Waals surface area contributed by atoms with Crippen molar-refractivity contribution >= 4 is 68.6 Å². The van der Waals surface area contributed by atoms with E-state index in [0.29, 0.717) is 49.1 Å². The second-order valence-electron chi connectivity index (χ2n) is 17.8. The summed E-state index contributed by atoms with van der Waals surface area (Å²) < 4.78 is 41.0. The minimum atomic E-state index is -4.50. The van der Waals surface area contributed by atoms with Gasteiger partial charge < -0.3 is 41.4 Å². The highest BCUT2D eigenvalue weighted by Gasteiger charge is 2.28. The number of anilines is 1. The van der Waals surface area contributed by atoms with E-state index in [0.717, 1.165) is 40.9 Å². The third kappa shape index (κ3) is 17.4. The largest absolute Gasteiger partial charge is 0.508 e. The summed E-state index contributed by atoms with van der Waals surface area (Å²) in [5, 5.41) is 24.0. The van der Waals surface area contributed by atoms with Crippen molar-refractivity contribution in [2.45, 2.75) is 82.3 Å². The number of carbonyl (C=O) groups excluding carboxylic acids is 4. The number of unbranched alkanes of at least 4 members (excludes halogenated alkanes) is 2. The van der Waals surface area contributed by atoms with Crippen LogP contribution in [0.3, 0.4) is 0 Å². The van der Waals surface area contributed by atoms with Crippen LogP contribution >= 0.6 is 0 Å². The van der Waals surface area contributed by atoms with Gasteiger partial charge in [0.25, 0.3) is 10.1 Å². The number of phenols is 1. The molecule has 0 bridgehead atoms. The van der Waals surface area contributed by atoms with Gasteiger partial charge in [0.15, 0.2) is 17.1 Å². The molecule has 6 aromatic rings. The van der Waals surface area contributed by atoms with Gasteiger partial charge in [0.2, 0.25) is 23.4 Å². The number of hydrogen-bond acceptors (Lipinski definition) is 11. The van der Waals surface area contributed by atoms with Crippen molar-refractivity contribution in [3.05, 3.63) is 166 Å². The lowest BCUT2D eigenvalue weighted by Crippen LogP contribution is -2.48. The normalized spacial score (nSPS) is 12.1. The predicted molar refractivity (Wildman–Crippen MR) is 292 cm³/mol. The van der Waals surface area contributed by atoms with Gasteiger partial charge in [-0.3, -0.25) is 29.2 Å². The van der Waals surface area contributed by atoms with Crippen LogP contribution in [0.25, 0.3) is 23.1 Å². The molecule has 4 aromatic carbocycles. The topological polar surface area (TPSA) is 279 Å². The number of carbonyl (C=O) groups is 4. The molecule has 76 heavy (non-hydrogen) atoms. The molecule has 0 saturated carbocycles. The van der Waals surface area contributed by atoms with Crippen LogP contribution in [0.2, 0.25) is 0 Å². The molecule has 0 fully saturated rings. The van der Waals surface area contributed by atoms with Crippen molar-refractivity contribution in [1.29, 1.82) is 0 Å². The number of fused-ring (bicyclic) bond motifs is 1. The van der Waals surface area contributed by atoms with Crippen LogP contribution in [0.5, 0.6) is 5.75 Å². The molecular weight excluding hydrogens is 991 g/mol. The Labute approximate surface area is 442 Å². The molecule has 400 valence electrons. The summed E-state index contributed by atoms with van der Waals surface area (Å²) >= 11 is 0. The zero-order valence-corrected chi connectivity index (χ0v) is 43.4. The van der Waals surface area contributed by atoms with Crippen LogP contribution in [0.1, 0.15) is 86.2 Å². The number of hydrogen-bond donors (Lipinski definition) is 8. The molecule has 9 N–H and O–H groups in total. The molecule has 20 heteroatoms. The van der Waals surface area contributed by atoms with Crippen LogP contribution < -0.4 is 47.4 Å². The monoisotopic (exact) mass is 1060 g/mol. The van der Waals surface area contributed by atoms with Crippen LogP contribution in [0, 0.1) is 0 Å². The van der Waals surface area contributed by atoms with E-state index >= 15 is 0 Å². The Bertz CT molecular complexity index is 3110. The number of aliphatic imine (C=N–C) groups is 1. The lowest BCUT2D eigenvalue weighted by Gasteiger charge is -2.23. The van der Waals surface area contributed by atoms with Gasteiger partial charge >= 0.3 is 11.7 Å². The lowest BCUT2D eigenvalue weighted by atomic mass is 9.90. The molecular formula is C56H66N9O10S+. The Morgan fingerprint density at radius 2 is 1.47 bits per heavy atom. The first-order valence-electron chi connectivity index (χ1n) is 25.2. The van der Waals surface area contributed by atoms with E-state index in [2.05, 4.69) is 36.5 Å². The number of aromatic hydroxyl groups is 1. The summed E-state index contributed by atoms with van der Waals surface area (Å²) in [4.78, 5) is 71.7. The quantitative estimate of drug-likeness (QED) is 0.00805. The number of rotatable bonds is 26. The predicted octanol–water partition coefficient (Wildman–Crippen LogP) is 5.75. The average Bonchev–Trinajstić information content (AvgIpc) is 3.40. The van der Waals surface area contributed by atoms with Gasteiger partial charge in [-0.25, -0.2) is 9.59 Å². The van der Waals surface area contributed by atoms with Gasteiger partial charge in [-0.2, -0.15) is 13.0 Å². The van der Waals surface area contributed by atoms with Crippen molar-refractivity contribution in [2.24, 2.45) is 10.7 Å². The Morgan fingerprint density at radius 3 is 2.14 bits per heavy atom. The van der Waals surface area contributed by atoms with E-state index < -0.39 is 39.6 Å². The van der Waals surface area contributed by atoms with Gasteiger partial charge in [0.1, 0.15) is 23.9 Å². The van der Waals surface area contributed by atoms with E-state index in [4.69, 9.17) is 10.2 Å². The number of aromatic nitrogens is 1. The fourth-order valence-corrected chi connectivity index (χ4v) is 8.87. The van der Waals surface area contributed by atoms with Gasteiger partial charge in [-0.05, 0) is 98.7 Å². The van der Waals surface area contributed by atoms with Crippen LogP contribution in [-0.2, 0) is 37.6 Å². The number of urea groups is 1. The minimum absolute atomic E-state index is 0.0915. The highest BCUT2D eigenvalue weighted by Crippen LogP contribution is 2.26. The number of benzene rings is 4. The Balaban J connectivity index is 0.926. The van der Waals surface area contributed by atoms with E-state index in [1.165, 1.54) is 30.5 Å². The number of amides is 5. The molecule has 1 atom stereocenters. The molecule has 2 heterocycles. The molecule has 0 radical (unpaired) electrons. The Hall–Kier alpha value is -8.36. The fraction of sp³-hybridized carbons (Fsp3) is 0.304. The van der Waals surface area contributed by atoms with Crippen molar-refractivity contribution in [2.75, 3.05) is 37.6 Å². The second-order valence-corrected chi connectivity index (χ2v) is 19.2. The van der Waals surface area contributed by atoms with E-state index in [-0.39, 0.29) is 67.4 Å². The van der Waals surface area contributed by atoms with E-state index in [1.807, 2.05) is 92.7 Å². The zero-order valence-electron chi connectivity index (χ0n) is 42.6. The molecule has 5 amide bonds. The van der Waals surface area contributed by atoms with E-state index in [9.17, 15) is 42.0 Å². The van der Waals surface area contributed by atoms with Gasteiger partial charge in [0, 0.05) is 81.4 Å². The lowest BCUT2D eigenvalue weighted by molar-refractivity contribution is -0.700. The SMILES string of the molecule is CCN(CC)c1ccc2cc(/C=C/c3ccc(S(=O)(=O)O)c[n+]3CCCCCC(=O)NCCNC(=O)NC(N)=NCCC[C@H](NC(=O)C(c3ccccc3)c3ccccc3)C(=O)NCc3ccc(O)cc3)c(=O)oc2c1. The highest BCUT2D eigenvalue weighted by molar-refractivity contribution is 7.85. The first kappa shape index (κ1) is 56.9. The average molecular weight is 1060 g/mol. The third-order valence-electron chi connectivity index (χ3n) is 12.4. The Morgan fingerprint density at radius 1 is 0.789 bits per heavy atom. The third-order valence-corrected chi connectivity index (χ3v) is 13.3. The maximum absolute atomic E-state index is 14.0. The maximum Gasteiger partial charge on any atom is 0.343 e. The Kier molecular flexibility index (Phi) is 21.2.